The fourth-order valence-corrected chi connectivity index (χ4v) is 2.70. The summed E-state index contributed by atoms with van der Waals surface area (Å²) in [6, 6.07) is 20.7. The molecule has 0 N–H and O–H groups in total. The lowest BCUT2D eigenvalue weighted by Crippen LogP contribution is -1.98. The Morgan fingerprint density at radius 2 is 1.58 bits per heavy atom. The van der Waals surface area contributed by atoms with Crippen molar-refractivity contribution < 1.29 is 9.47 Å². The quantitative estimate of drug-likeness (QED) is 0.506. The van der Waals surface area contributed by atoms with E-state index in [1.165, 1.54) is 0 Å². The Hall–Kier alpha value is -2.16. The Morgan fingerprint density at radius 3 is 2.33 bits per heavy atom. The first-order chi connectivity index (χ1) is 11.6. The number of halogens is 2. The minimum absolute atomic E-state index is 0.370. The number of hydrogen-bond acceptors (Lipinski definition) is 2. The van der Waals surface area contributed by atoms with Crippen LogP contribution in [0.5, 0.6) is 17.2 Å². The monoisotopic (exact) mass is 358 g/mol. The highest BCUT2D eigenvalue weighted by atomic mass is 35.5. The molecule has 3 aromatic rings. The van der Waals surface area contributed by atoms with Crippen molar-refractivity contribution in [2.75, 3.05) is 0 Å². The largest absolute Gasteiger partial charge is 0.489 e. The van der Waals surface area contributed by atoms with Crippen LogP contribution in [0.25, 0.3) is 0 Å². The molecule has 0 unspecified atom stereocenters. The average Bonchev–Trinajstić information content (AvgIpc) is 2.57. The first-order valence-electron chi connectivity index (χ1n) is 7.52. The molecule has 0 aliphatic rings. The van der Waals surface area contributed by atoms with Gasteiger partial charge in [-0.1, -0.05) is 47.5 Å². The van der Waals surface area contributed by atoms with Gasteiger partial charge in [-0.05, 0) is 55.0 Å². The molecule has 0 saturated heterocycles. The topological polar surface area (TPSA) is 18.5 Å². The van der Waals surface area contributed by atoms with E-state index in [-0.39, 0.29) is 0 Å². The van der Waals surface area contributed by atoms with Gasteiger partial charge in [0.25, 0.3) is 0 Å². The SMILES string of the molecule is Cc1cc(Cl)c(COc2ccccc2)cc1Oc1cccc(Cl)c1. The van der Waals surface area contributed by atoms with Gasteiger partial charge in [0.15, 0.2) is 0 Å². The van der Waals surface area contributed by atoms with Gasteiger partial charge >= 0.3 is 0 Å². The summed E-state index contributed by atoms with van der Waals surface area (Å²) in [7, 11) is 0. The zero-order chi connectivity index (χ0) is 16.9. The molecule has 0 heterocycles. The Balaban J connectivity index is 1.80. The van der Waals surface area contributed by atoms with Crippen LogP contribution in [0.2, 0.25) is 10.0 Å². The molecule has 0 bridgehead atoms. The molecular formula is C20H16Cl2O2. The molecule has 0 amide bonds. The molecule has 0 aliphatic heterocycles. The van der Waals surface area contributed by atoms with Gasteiger partial charge in [0.05, 0.1) is 0 Å². The number of hydrogen-bond donors (Lipinski definition) is 0. The van der Waals surface area contributed by atoms with Crippen molar-refractivity contribution in [1.82, 2.24) is 0 Å². The molecule has 0 aromatic heterocycles. The summed E-state index contributed by atoms with van der Waals surface area (Å²) in [5.74, 6) is 2.21. The Labute approximate surface area is 151 Å². The third-order valence-electron chi connectivity index (χ3n) is 3.51. The van der Waals surface area contributed by atoms with Gasteiger partial charge in [-0.25, -0.2) is 0 Å². The predicted octanol–water partition coefficient (Wildman–Crippen LogP) is 6.67. The number of para-hydroxylation sites is 1. The zero-order valence-electron chi connectivity index (χ0n) is 13.1. The van der Waals surface area contributed by atoms with Gasteiger partial charge < -0.3 is 9.47 Å². The lowest BCUT2D eigenvalue weighted by molar-refractivity contribution is 0.305. The number of rotatable bonds is 5. The van der Waals surface area contributed by atoms with Gasteiger partial charge in [0, 0.05) is 15.6 Å². The molecule has 0 fully saturated rings. The van der Waals surface area contributed by atoms with Crippen LogP contribution in [0, 0.1) is 6.92 Å². The second kappa shape index (κ2) is 7.61. The van der Waals surface area contributed by atoms with E-state index in [0.29, 0.717) is 22.4 Å². The number of ether oxygens (including phenoxy) is 2. The molecule has 0 atom stereocenters. The van der Waals surface area contributed by atoms with Crippen molar-refractivity contribution in [2.24, 2.45) is 0 Å². The molecule has 3 rings (SSSR count). The first-order valence-corrected chi connectivity index (χ1v) is 8.28. The van der Waals surface area contributed by atoms with Crippen molar-refractivity contribution in [3.05, 3.63) is 87.9 Å². The lowest BCUT2D eigenvalue weighted by atomic mass is 10.1. The third kappa shape index (κ3) is 4.22. The van der Waals surface area contributed by atoms with Crippen LogP contribution in [0.1, 0.15) is 11.1 Å². The summed E-state index contributed by atoms with van der Waals surface area (Å²) in [5, 5.41) is 1.29. The van der Waals surface area contributed by atoms with E-state index in [2.05, 4.69) is 0 Å². The van der Waals surface area contributed by atoms with Crippen molar-refractivity contribution in [3.63, 3.8) is 0 Å². The second-order valence-corrected chi connectivity index (χ2v) is 6.21. The minimum atomic E-state index is 0.370. The fourth-order valence-electron chi connectivity index (χ4n) is 2.25. The highest BCUT2D eigenvalue weighted by molar-refractivity contribution is 6.31. The summed E-state index contributed by atoms with van der Waals surface area (Å²) in [6.07, 6.45) is 0. The van der Waals surface area contributed by atoms with Gasteiger partial charge in [-0.3, -0.25) is 0 Å². The van der Waals surface area contributed by atoms with Crippen LogP contribution in [-0.4, -0.2) is 0 Å². The summed E-state index contributed by atoms with van der Waals surface area (Å²) in [6.45, 7) is 2.32. The summed E-state index contributed by atoms with van der Waals surface area (Å²) in [5.41, 5.74) is 1.81. The van der Waals surface area contributed by atoms with E-state index >= 15 is 0 Å². The maximum atomic E-state index is 6.34. The van der Waals surface area contributed by atoms with Gasteiger partial charge in [0.2, 0.25) is 0 Å². The van der Waals surface area contributed by atoms with E-state index in [9.17, 15) is 0 Å². The number of benzene rings is 3. The van der Waals surface area contributed by atoms with Crippen molar-refractivity contribution in [2.45, 2.75) is 13.5 Å². The molecule has 0 saturated carbocycles. The minimum Gasteiger partial charge on any atom is -0.489 e. The summed E-state index contributed by atoms with van der Waals surface area (Å²) in [4.78, 5) is 0. The van der Waals surface area contributed by atoms with Crippen molar-refractivity contribution in [1.29, 1.82) is 0 Å². The second-order valence-electron chi connectivity index (χ2n) is 5.37. The molecule has 2 nitrogen and oxygen atoms in total. The van der Waals surface area contributed by atoms with Crippen LogP contribution >= 0.6 is 23.2 Å². The van der Waals surface area contributed by atoms with Crippen molar-refractivity contribution >= 4 is 23.2 Å². The van der Waals surface area contributed by atoms with Gasteiger partial charge in [-0.2, -0.15) is 0 Å². The summed E-state index contributed by atoms with van der Waals surface area (Å²) >= 11 is 12.3. The molecule has 122 valence electrons. The lowest BCUT2D eigenvalue weighted by Gasteiger charge is -2.13. The van der Waals surface area contributed by atoms with E-state index < -0.39 is 0 Å². The van der Waals surface area contributed by atoms with Crippen LogP contribution in [-0.2, 0) is 6.61 Å². The Morgan fingerprint density at radius 1 is 0.833 bits per heavy atom. The third-order valence-corrected chi connectivity index (χ3v) is 4.09. The highest BCUT2D eigenvalue weighted by Crippen LogP contribution is 2.31. The van der Waals surface area contributed by atoms with E-state index in [1.807, 2.05) is 67.6 Å². The number of aryl methyl sites for hydroxylation is 1. The fraction of sp³-hybridized carbons (Fsp3) is 0.100. The molecule has 4 heteroatoms. The first kappa shape index (κ1) is 16.7. The average molecular weight is 359 g/mol. The molecule has 0 spiro atoms. The highest BCUT2D eigenvalue weighted by Gasteiger charge is 2.09. The standard InChI is InChI=1S/C20H16Cl2O2/c1-14-10-19(22)15(13-23-17-7-3-2-4-8-17)11-20(14)24-18-9-5-6-16(21)12-18/h2-12H,13H2,1H3. The molecule has 24 heavy (non-hydrogen) atoms. The van der Waals surface area contributed by atoms with Crippen LogP contribution in [0.15, 0.2) is 66.7 Å². The zero-order valence-corrected chi connectivity index (χ0v) is 14.6. The van der Waals surface area contributed by atoms with Gasteiger partial charge in [-0.15, -0.1) is 0 Å². The van der Waals surface area contributed by atoms with Crippen LogP contribution in [0.3, 0.4) is 0 Å². The predicted molar refractivity (Wildman–Crippen MR) is 98.5 cm³/mol. The van der Waals surface area contributed by atoms with Crippen LogP contribution in [0.4, 0.5) is 0 Å². The van der Waals surface area contributed by atoms with Gasteiger partial charge in [0.1, 0.15) is 23.9 Å². The van der Waals surface area contributed by atoms with E-state index in [0.717, 1.165) is 22.6 Å². The van der Waals surface area contributed by atoms with Crippen molar-refractivity contribution in [3.8, 4) is 17.2 Å². The van der Waals surface area contributed by atoms with E-state index in [4.69, 9.17) is 32.7 Å². The maximum absolute atomic E-state index is 6.34. The molecule has 3 aromatic carbocycles. The summed E-state index contributed by atoms with van der Waals surface area (Å²) < 4.78 is 11.7. The normalized spacial score (nSPS) is 10.5. The molecule has 0 aliphatic carbocycles. The van der Waals surface area contributed by atoms with E-state index in [1.54, 1.807) is 6.07 Å². The molecule has 0 radical (unpaired) electrons. The maximum Gasteiger partial charge on any atom is 0.130 e. The Kier molecular flexibility index (Phi) is 5.29. The smallest absolute Gasteiger partial charge is 0.130 e. The van der Waals surface area contributed by atoms with Crippen LogP contribution < -0.4 is 9.47 Å². The Bertz CT molecular complexity index is 832. The molecular weight excluding hydrogens is 343 g/mol.